The molecule has 1 amide bonds. The van der Waals surface area contributed by atoms with E-state index in [4.69, 9.17) is 10.5 Å². The molecule has 0 saturated carbocycles. The number of rotatable bonds is 5. The molecule has 22 heavy (non-hydrogen) atoms. The van der Waals surface area contributed by atoms with Crippen molar-refractivity contribution in [3.05, 3.63) is 35.4 Å². The van der Waals surface area contributed by atoms with Crippen molar-refractivity contribution in [2.75, 3.05) is 26.9 Å². The van der Waals surface area contributed by atoms with Crippen LogP contribution in [-0.4, -0.2) is 43.7 Å². The van der Waals surface area contributed by atoms with E-state index < -0.39 is 18.8 Å². The standard InChI is InChI=1S/C17H25FN2O2/c1-12(21)20-9-7-14(8-10-20)13-3-5-15(6-4-13)17(22-2)16(19)11-18/h3-6,14,16-17H,7-11,19H2,1-2H3. The molecule has 1 fully saturated rings. The van der Waals surface area contributed by atoms with Gasteiger partial charge in [-0.15, -0.1) is 0 Å². The van der Waals surface area contributed by atoms with Gasteiger partial charge >= 0.3 is 0 Å². The van der Waals surface area contributed by atoms with Gasteiger partial charge in [0, 0.05) is 27.1 Å². The Morgan fingerprint density at radius 1 is 1.36 bits per heavy atom. The van der Waals surface area contributed by atoms with Crippen LogP contribution in [0.25, 0.3) is 0 Å². The molecule has 0 aromatic heterocycles. The second-order valence-electron chi connectivity index (χ2n) is 5.92. The third-order valence-corrected chi connectivity index (χ3v) is 4.50. The Balaban J connectivity index is 2.02. The molecule has 1 aliphatic heterocycles. The van der Waals surface area contributed by atoms with E-state index in [1.54, 1.807) is 14.0 Å². The molecule has 122 valence electrons. The molecule has 0 radical (unpaired) electrons. The van der Waals surface area contributed by atoms with Crippen molar-refractivity contribution in [1.29, 1.82) is 0 Å². The van der Waals surface area contributed by atoms with Crippen molar-refractivity contribution >= 4 is 5.91 Å². The van der Waals surface area contributed by atoms with E-state index in [2.05, 4.69) is 12.1 Å². The van der Waals surface area contributed by atoms with Gasteiger partial charge in [-0.05, 0) is 29.9 Å². The highest BCUT2D eigenvalue weighted by molar-refractivity contribution is 5.73. The van der Waals surface area contributed by atoms with Crippen LogP contribution in [0.2, 0.25) is 0 Å². The number of hydrogen-bond donors (Lipinski definition) is 1. The average molecular weight is 308 g/mol. The highest BCUT2D eigenvalue weighted by Gasteiger charge is 2.23. The Labute approximate surface area is 131 Å². The maximum absolute atomic E-state index is 12.7. The minimum absolute atomic E-state index is 0.150. The number of hydrogen-bond acceptors (Lipinski definition) is 3. The lowest BCUT2D eigenvalue weighted by molar-refractivity contribution is -0.129. The summed E-state index contributed by atoms with van der Waals surface area (Å²) in [6.07, 6.45) is 1.55. The molecular formula is C17H25FN2O2. The van der Waals surface area contributed by atoms with Gasteiger partial charge in [0.05, 0.1) is 12.1 Å². The fraction of sp³-hybridized carbons (Fsp3) is 0.588. The van der Waals surface area contributed by atoms with E-state index in [-0.39, 0.29) is 5.91 Å². The van der Waals surface area contributed by atoms with Crippen LogP contribution < -0.4 is 5.73 Å². The maximum Gasteiger partial charge on any atom is 0.219 e. The third-order valence-electron chi connectivity index (χ3n) is 4.50. The molecule has 4 nitrogen and oxygen atoms in total. The summed E-state index contributed by atoms with van der Waals surface area (Å²) in [4.78, 5) is 13.3. The number of amides is 1. The third kappa shape index (κ3) is 3.84. The van der Waals surface area contributed by atoms with E-state index in [0.29, 0.717) is 5.92 Å². The van der Waals surface area contributed by atoms with Crippen molar-refractivity contribution in [1.82, 2.24) is 4.90 Å². The number of carbonyl (C=O) groups excluding carboxylic acids is 1. The molecule has 1 aromatic carbocycles. The lowest BCUT2D eigenvalue weighted by atomic mass is 9.88. The predicted molar refractivity (Wildman–Crippen MR) is 84.4 cm³/mol. The van der Waals surface area contributed by atoms with Gasteiger partial charge in [-0.25, -0.2) is 4.39 Å². The number of piperidine rings is 1. The monoisotopic (exact) mass is 308 g/mol. The maximum atomic E-state index is 12.7. The Kier molecular flexibility index (Phi) is 5.91. The highest BCUT2D eigenvalue weighted by atomic mass is 19.1. The molecule has 2 N–H and O–H groups in total. The van der Waals surface area contributed by atoms with Gasteiger partial charge in [0.25, 0.3) is 0 Å². The van der Waals surface area contributed by atoms with Gasteiger partial charge in [0.2, 0.25) is 5.91 Å². The Morgan fingerprint density at radius 3 is 2.41 bits per heavy atom. The second kappa shape index (κ2) is 7.70. The summed E-state index contributed by atoms with van der Waals surface area (Å²) in [5.74, 6) is 0.623. The average Bonchev–Trinajstić information content (AvgIpc) is 2.56. The zero-order valence-corrected chi connectivity index (χ0v) is 13.3. The van der Waals surface area contributed by atoms with Crippen LogP contribution >= 0.6 is 0 Å². The minimum atomic E-state index is -0.644. The van der Waals surface area contributed by atoms with Crippen LogP contribution in [0.5, 0.6) is 0 Å². The first-order valence-corrected chi connectivity index (χ1v) is 7.76. The summed E-state index contributed by atoms with van der Waals surface area (Å²) in [6, 6.07) is 7.43. The fourth-order valence-electron chi connectivity index (χ4n) is 3.12. The Bertz CT molecular complexity index is 484. The summed E-state index contributed by atoms with van der Waals surface area (Å²) < 4.78 is 18.0. The van der Waals surface area contributed by atoms with Gasteiger partial charge in [-0.3, -0.25) is 4.79 Å². The molecule has 1 aliphatic rings. The van der Waals surface area contributed by atoms with Crippen molar-refractivity contribution in [3.63, 3.8) is 0 Å². The van der Waals surface area contributed by atoms with E-state index >= 15 is 0 Å². The van der Waals surface area contributed by atoms with E-state index in [0.717, 1.165) is 31.5 Å². The summed E-state index contributed by atoms with van der Waals surface area (Å²) in [5, 5.41) is 0. The predicted octanol–water partition coefficient (Wildman–Crippen LogP) is 2.40. The molecule has 0 aliphatic carbocycles. The largest absolute Gasteiger partial charge is 0.375 e. The number of halogens is 1. The first-order chi connectivity index (χ1) is 10.6. The lowest BCUT2D eigenvalue weighted by Crippen LogP contribution is -2.36. The zero-order chi connectivity index (χ0) is 16.1. The van der Waals surface area contributed by atoms with Crippen molar-refractivity contribution in [3.8, 4) is 0 Å². The van der Waals surface area contributed by atoms with Crippen LogP contribution in [0.15, 0.2) is 24.3 Å². The number of nitrogens with zero attached hydrogens (tertiary/aromatic N) is 1. The van der Waals surface area contributed by atoms with Crippen molar-refractivity contribution in [2.24, 2.45) is 5.73 Å². The smallest absolute Gasteiger partial charge is 0.219 e. The number of nitrogens with two attached hydrogens (primary N) is 1. The number of ether oxygens (including phenoxy) is 1. The summed E-state index contributed by atoms with van der Waals surface area (Å²) >= 11 is 0. The van der Waals surface area contributed by atoms with Gasteiger partial charge in [0.15, 0.2) is 0 Å². The Hall–Kier alpha value is -1.46. The number of methoxy groups -OCH3 is 1. The molecule has 2 rings (SSSR count). The quantitative estimate of drug-likeness (QED) is 0.909. The topological polar surface area (TPSA) is 55.6 Å². The normalized spacial score (nSPS) is 19.0. The van der Waals surface area contributed by atoms with Crippen LogP contribution in [0, 0.1) is 0 Å². The van der Waals surface area contributed by atoms with Crippen molar-refractivity contribution in [2.45, 2.75) is 37.8 Å². The summed E-state index contributed by atoms with van der Waals surface area (Å²) in [7, 11) is 1.55. The first-order valence-electron chi connectivity index (χ1n) is 7.76. The molecule has 5 heteroatoms. The molecule has 2 atom stereocenters. The second-order valence-corrected chi connectivity index (χ2v) is 5.92. The van der Waals surface area contributed by atoms with E-state index in [1.165, 1.54) is 5.56 Å². The summed E-state index contributed by atoms with van der Waals surface area (Å²) in [6.45, 7) is 2.64. The lowest BCUT2D eigenvalue weighted by Gasteiger charge is -2.31. The Morgan fingerprint density at radius 2 is 1.95 bits per heavy atom. The molecule has 1 saturated heterocycles. The highest BCUT2D eigenvalue weighted by Crippen LogP contribution is 2.29. The molecule has 1 aromatic rings. The van der Waals surface area contributed by atoms with Gasteiger partial charge < -0.3 is 15.4 Å². The van der Waals surface area contributed by atoms with Crippen LogP contribution in [0.3, 0.4) is 0 Å². The fourth-order valence-corrected chi connectivity index (χ4v) is 3.12. The summed E-state index contributed by atoms with van der Waals surface area (Å²) in [5.41, 5.74) is 7.91. The molecule has 0 spiro atoms. The molecule has 0 bridgehead atoms. The number of likely N-dealkylation sites (tertiary alicyclic amines) is 1. The molecule has 2 unspecified atom stereocenters. The molecular weight excluding hydrogens is 283 g/mol. The van der Waals surface area contributed by atoms with Crippen LogP contribution in [0.4, 0.5) is 4.39 Å². The van der Waals surface area contributed by atoms with Crippen molar-refractivity contribution < 1.29 is 13.9 Å². The van der Waals surface area contributed by atoms with Crippen LogP contribution in [0.1, 0.15) is 42.9 Å². The van der Waals surface area contributed by atoms with E-state index in [9.17, 15) is 9.18 Å². The minimum Gasteiger partial charge on any atom is -0.375 e. The van der Waals surface area contributed by atoms with Gasteiger partial charge in [0.1, 0.15) is 6.67 Å². The zero-order valence-electron chi connectivity index (χ0n) is 13.3. The SMILES string of the molecule is COC(c1ccc(C2CCN(C(C)=O)CC2)cc1)C(N)CF. The van der Waals surface area contributed by atoms with Crippen LogP contribution in [-0.2, 0) is 9.53 Å². The van der Waals surface area contributed by atoms with Gasteiger partial charge in [-0.2, -0.15) is 0 Å². The number of alkyl halides is 1. The molecule has 1 heterocycles. The number of carbonyl (C=O) groups is 1. The van der Waals surface area contributed by atoms with Gasteiger partial charge in [-0.1, -0.05) is 24.3 Å². The first kappa shape index (κ1) is 16.9. The van der Waals surface area contributed by atoms with E-state index in [1.807, 2.05) is 17.0 Å². The number of benzene rings is 1.